The molecular weight excluding hydrogens is 183 g/mol. The van der Waals surface area contributed by atoms with Gasteiger partial charge in [-0.15, -0.1) is 0 Å². The second kappa shape index (κ2) is 4.04. The van der Waals surface area contributed by atoms with E-state index < -0.39 is 0 Å². The molecule has 76 valence electrons. The van der Waals surface area contributed by atoms with Crippen molar-refractivity contribution >= 4 is 0 Å². The predicted molar refractivity (Wildman–Crippen MR) is 50.8 cm³/mol. The summed E-state index contributed by atoms with van der Waals surface area (Å²) in [7, 11) is 0. The smallest absolute Gasteiger partial charge is 0.123 e. The number of nitrogens with one attached hydrogen (secondary N) is 1. The van der Waals surface area contributed by atoms with Gasteiger partial charge >= 0.3 is 0 Å². The highest BCUT2D eigenvalue weighted by Crippen LogP contribution is 2.24. The van der Waals surface area contributed by atoms with Gasteiger partial charge in [0.2, 0.25) is 0 Å². The van der Waals surface area contributed by atoms with E-state index in [1.54, 1.807) is 12.1 Å². The molecule has 3 N–H and O–H groups in total. The minimum Gasteiger partial charge on any atom is -0.328 e. The molecule has 3 nitrogen and oxygen atoms in total. The van der Waals surface area contributed by atoms with Crippen LogP contribution in [0.15, 0.2) is 24.3 Å². The van der Waals surface area contributed by atoms with Crippen molar-refractivity contribution in [1.82, 2.24) is 5.48 Å². The highest BCUT2D eigenvalue weighted by atomic mass is 19.1. The maximum Gasteiger partial charge on any atom is 0.123 e. The van der Waals surface area contributed by atoms with Crippen LogP contribution in [0.3, 0.4) is 0 Å². The molecule has 1 aliphatic heterocycles. The zero-order valence-electron chi connectivity index (χ0n) is 7.74. The third-order valence-corrected chi connectivity index (χ3v) is 2.41. The summed E-state index contributed by atoms with van der Waals surface area (Å²) < 4.78 is 12.6. The van der Waals surface area contributed by atoms with E-state index >= 15 is 0 Å². The molecule has 1 aromatic rings. The van der Waals surface area contributed by atoms with E-state index in [4.69, 9.17) is 10.6 Å². The number of halogens is 1. The minimum atomic E-state index is -0.219. The van der Waals surface area contributed by atoms with Crippen molar-refractivity contribution in [2.45, 2.75) is 18.6 Å². The van der Waals surface area contributed by atoms with E-state index in [1.807, 2.05) is 0 Å². The summed E-state index contributed by atoms with van der Waals surface area (Å²) in [6.07, 6.45) is 0.896. The summed E-state index contributed by atoms with van der Waals surface area (Å²) in [6, 6.07) is 6.55. The van der Waals surface area contributed by atoms with E-state index in [9.17, 15) is 4.39 Å². The molecule has 1 aromatic carbocycles. The average molecular weight is 196 g/mol. The van der Waals surface area contributed by atoms with Gasteiger partial charge in [0.1, 0.15) is 5.82 Å². The van der Waals surface area contributed by atoms with Crippen LogP contribution in [0, 0.1) is 5.82 Å². The lowest BCUT2D eigenvalue weighted by Gasteiger charge is -2.07. The number of rotatable bonds is 2. The Kier molecular flexibility index (Phi) is 2.77. The third-order valence-electron chi connectivity index (χ3n) is 2.41. The number of hydroxylamine groups is 1. The molecule has 0 bridgehead atoms. The Bertz CT molecular complexity index is 301. The Morgan fingerprint density at radius 1 is 1.43 bits per heavy atom. The Hall–Kier alpha value is -0.970. The summed E-state index contributed by atoms with van der Waals surface area (Å²) in [4.78, 5) is 5.23. The first-order chi connectivity index (χ1) is 6.79. The van der Waals surface area contributed by atoms with Crippen LogP contribution in [0.25, 0.3) is 0 Å². The maximum atomic E-state index is 12.6. The zero-order valence-corrected chi connectivity index (χ0v) is 7.74. The summed E-state index contributed by atoms with van der Waals surface area (Å²) in [5, 5.41) is 0. The number of hydrogen-bond acceptors (Lipinski definition) is 3. The average Bonchev–Trinajstić information content (AvgIpc) is 2.67. The number of nitrogens with two attached hydrogens (primary N) is 1. The fourth-order valence-corrected chi connectivity index (χ4v) is 1.58. The summed E-state index contributed by atoms with van der Waals surface area (Å²) >= 11 is 0. The van der Waals surface area contributed by atoms with Gasteiger partial charge in [-0.3, -0.25) is 4.84 Å². The van der Waals surface area contributed by atoms with Crippen molar-refractivity contribution in [3.05, 3.63) is 35.6 Å². The van der Waals surface area contributed by atoms with Gasteiger partial charge in [0.25, 0.3) is 0 Å². The quantitative estimate of drug-likeness (QED) is 0.745. The highest BCUT2D eigenvalue weighted by molar-refractivity contribution is 5.20. The molecule has 1 fully saturated rings. The molecule has 1 aliphatic rings. The molecule has 4 heteroatoms. The van der Waals surface area contributed by atoms with Crippen LogP contribution in [-0.4, -0.2) is 12.6 Å². The van der Waals surface area contributed by atoms with Crippen molar-refractivity contribution in [2.75, 3.05) is 6.54 Å². The molecule has 0 aromatic heterocycles. The van der Waals surface area contributed by atoms with Gasteiger partial charge in [0, 0.05) is 6.54 Å². The van der Waals surface area contributed by atoms with Gasteiger partial charge in [-0.05, 0) is 24.1 Å². The van der Waals surface area contributed by atoms with Crippen molar-refractivity contribution in [3.63, 3.8) is 0 Å². The summed E-state index contributed by atoms with van der Waals surface area (Å²) in [6.45, 7) is 0.505. The van der Waals surface area contributed by atoms with Crippen molar-refractivity contribution in [2.24, 2.45) is 5.73 Å². The first-order valence-corrected chi connectivity index (χ1v) is 4.66. The van der Waals surface area contributed by atoms with Gasteiger partial charge in [0.15, 0.2) is 0 Å². The van der Waals surface area contributed by atoms with E-state index in [2.05, 4.69) is 5.48 Å². The zero-order chi connectivity index (χ0) is 9.97. The van der Waals surface area contributed by atoms with Crippen molar-refractivity contribution in [1.29, 1.82) is 0 Å². The predicted octanol–water partition coefficient (Wildman–Crippen LogP) is 1.12. The van der Waals surface area contributed by atoms with Crippen LogP contribution in [0.1, 0.15) is 18.0 Å². The molecule has 0 aliphatic carbocycles. The largest absolute Gasteiger partial charge is 0.328 e. The molecule has 1 heterocycles. The number of benzene rings is 1. The summed E-state index contributed by atoms with van der Waals surface area (Å²) in [5.74, 6) is -0.219. The Morgan fingerprint density at radius 2 is 2.14 bits per heavy atom. The molecule has 2 rings (SSSR count). The van der Waals surface area contributed by atoms with Crippen LogP contribution in [0.4, 0.5) is 4.39 Å². The molecule has 2 unspecified atom stereocenters. The monoisotopic (exact) mass is 196 g/mol. The van der Waals surface area contributed by atoms with Gasteiger partial charge in [-0.25, -0.2) is 4.39 Å². The van der Waals surface area contributed by atoms with Crippen LogP contribution >= 0.6 is 0 Å². The second-order valence-electron chi connectivity index (χ2n) is 3.43. The third kappa shape index (κ3) is 1.92. The minimum absolute atomic E-state index is 0.0602. The van der Waals surface area contributed by atoms with E-state index in [-0.39, 0.29) is 18.0 Å². The van der Waals surface area contributed by atoms with Gasteiger partial charge in [-0.1, -0.05) is 12.1 Å². The molecule has 0 spiro atoms. The lowest BCUT2D eigenvalue weighted by Crippen LogP contribution is -2.20. The van der Waals surface area contributed by atoms with Crippen LogP contribution in [-0.2, 0) is 4.84 Å². The molecule has 0 saturated carbocycles. The molecular formula is C10H13FN2O. The highest BCUT2D eigenvalue weighted by Gasteiger charge is 2.25. The molecule has 14 heavy (non-hydrogen) atoms. The molecule has 1 saturated heterocycles. The Labute approximate surface area is 82.0 Å². The Morgan fingerprint density at radius 3 is 2.71 bits per heavy atom. The van der Waals surface area contributed by atoms with E-state index in [0.29, 0.717) is 6.54 Å². The lowest BCUT2D eigenvalue weighted by atomic mass is 10.0. The van der Waals surface area contributed by atoms with Gasteiger partial charge < -0.3 is 5.73 Å². The van der Waals surface area contributed by atoms with E-state index in [1.165, 1.54) is 12.1 Å². The molecule has 0 radical (unpaired) electrons. The molecule has 2 atom stereocenters. The fraction of sp³-hybridized carbons (Fsp3) is 0.400. The number of hydrogen-bond donors (Lipinski definition) is 2. The standard InChI is InChI=1S/C10H13FN2O/c11-8-3-1-7(2-4-8)10-5-9(6-12)14-13-10/h1-4,9-10,13H,5-6,12H2. The van der Waals surface area contributed by atoms with E-state index in [0.717, 1.165) is 12.0 Å². The summed E-state index contributed by atoms with van der Waals surface area (Å²) in [5.41, 5.74) is 9.39. The normalized spacial score (nSPS) is 26.7. The SMILES string of the molecule is NCC1CC(c2ccc(F)cc2)NO1. The second-order valence-corrected chi connectivity index (χ2v) is 3.43. The van der Waals surface area contributed by atoms with Crippen molar-refractivity contribution in [3.8, 4) is 0 Å². The van der Waals surface area contributed by atoms with Crippen molar-refractivity contribution < 1.29 is 9.23 Å². The molecule has 0 amide bonds. The van der Waals surface area contributed by atoms with Gasteiger partial charge in [-0.2, -0.15) is 5.48 Å². The topological polar surface area (TPSA) is 47.3 Å². The van der Waals surface area contributed by atoms with Gasteiger partial charge in [0.05, 0.1) is 12.1 Å². The maximum absolute atomic E-state index is 12.6. The van der Waals surface area contributed by atoms with Crippen LogP contribution < -0.4 is 11.2 Å². The fourth-order valence-electron chi connectivity index (χ4n) is 1.58. The lowest BCUT2D eigenvalue weighted by molar-refractivity contribution is 0.0312. The first-order valence-electron chi connectivity index (χ1n) is 4.66. The first kappa shape index (κ1) is 9.58. The Balaban J connectivity index is 2.06. The van der Waals surface area contributed by atoms with Crippen LogP contribution in [0.2, 0.25) is 0 Å². The van der Waals surface area contributed by atoms with Crippen LogP contribution in [0.5, 0.6) is 0 Å².